The first-order valence-electron chi connectivity index (χ1n) is 7.71. The van der Waals surface area contributed by atoms with Gasteiger partial charge < -0.3 is 5.32 Å². The van der Waals surface area contributed by atoms with E-state index in [9.17, 15) is 4.79 Å². The summed E-state index contributed by atoms with van der Waals surface area (Å²) in [5, 5.41) is 12.5. The molecule has 0 atom stereocenters. The highest BCUT2D eigenvalue weighted by molar-refractivity contribution is 7.99. The molecule has 0 spiro atoms. The van der Waals surface area contributed by atoms with E-state index in [4.69, 9.17) is 5.26 Å². The van der Waals surface area contributed by atoms with Crippen LogP contribution in [0.15, 0.2) is 82.8 Å². The summed E-state index contributed by atoms with van der Waals surface area (Å²) in [6.07, 6.45) is 1.68. The number of pyridine rings is 1. The Bertz CT molecular complexity index is 919. The minimum atomic E-state index is -0.186. The van der Waals surface area contributed by atoms with Gasteiger partial charge in [-0.2, -0.15) is 5.26 Å². The maximum absolute atomic E-state index is 12.6. The van der Waals surface area contributed by atoms with Crippen LogP contribution in [0, 0.1) is 11.3 Å². The quantitative estimate of drug-likeness (QED) is 0.758. The summed E-state index contributed by atoms with van der Waals surface area (Å²) in [6.45, 7) is 0.360. The molecule has 4 nitrogen and oxygen atoms in total. The summed E-state index contributed by atoms with van der Waals surface area (Å²) in [6, 6.07) is 22.6. The zero-order valence-corrected chi connectivity index (χ0v) is 14.2. The molecule has 0 aliphatic heterocycles. The number of benzene rings is 2. The molecule has 1 aromatic heterocycles. The molecule has 3 rings (SSSR count). The second-order valence-corrected chi connectivity index (χ2v) is 6.33. The predicted octanol–water partition coefficient (Wildman–Crippen LogP) is 4.03. The first-order chi connectivity index (χ1) is 12.3. The van der Waals surface area contributed by atoms with E-state index in [2.05, 4.69) is 16.4 Å². The molecule has 3 aromatic rings. The molecule has 0 fully saturated rings. The van der Waals surface area contributed by atoms with Crippen LogP contribution in [0.1, 0.15) is 21.5 Å². The monoisotopic (exact) mass is 345 g/mol. The smallest absolute Gasteiger partial charge is 0.254 e. The SMILES string of the molecule is N#Cc1cccc(CNC(=O)c2cccnc2Sc2ccccc2)c1. The van der Waals surface area contributed by atoms with E-state index in [0.29, 0.717) is 22.7 Å². The van der Waals surface area contributed by atoms with E-state index in [1.165, 1.54) is 11.8 Å². The number of nitrogens with one attached hydrogen (secondary N) is 1. The third-order valence-electron chi connectivity index (χ3n) is 3.48. The number of hydrogen-bond acceptors (Lipinski definition) is 4. The fraction of sp³-hybridized carbons (Fsp3) is 0.0500. The van der Waals surface area contributed by atoms with Gasteiger partial charge in [-0.3, -0.25) is 4.79 Å². The van der Waals surface area contributed by atoms with Crippen LogP contribution in [0.3, 0.4) is 0 Å². The van der Waals surface area contributed by atoms with Crippen LogP contribution in [0.4, 0.5) is 0 Å². The van der Waals surface area contributed by atoms with Gasteiger partial charge in [-0.1, -0.05) is 42.1 Å². The molecule has 0 radical (unpaired) electrons. The number of rotatable bonds is 5. The molecule has 25 heavy (non-hydrogen) atoms. The lowest BCUT2D eigenvalue weighted by Gasteiger charge is -2.09. The van der Waals surface area contributed by atoms with Crippen LogP contribution in [-0.4, -0.2) is 10.9 Å². The zero-order valence-electron chi connectivity index (χ0n) is 13.3. The van der Waals surface area contributed by atoms with Crippen molar-refractivity contribution < 1.29 is 4.79 Å². The number of amides is 1. The Kier molecular flexibility index (Phi) is 5.45. The van der Waals surface area contributed by atoms with Crippen molar-refractivity contribution in [2.45, 2.75) is 16.5 Å². The maximum atomic E-state index is 12.6. The molecule has 122 valence electrons. The average Bonchev–Trinajstić information content (AvgIpc) is 2.67. The number of carbonyl (C=O) groups is 1. The number of hydrogen-bond donors (Lipinski definition) is 1. The molecule has 0 bridgehead atoms. The minimum Gasteiger partial charge on any atom is -0.348 e. The Morgan fingerprint density at radius 1 is 1.08 bits per heavy atom. The van der Waals surface area contributed by atoms with E-state index in [1.807, 2.05) is 36.4 Å². The molecule has 0 aliphatic rings. The second kappa shape index (κ2) is 8.13. The highest BCUT2D eigenvalue weighted by atomic mass is 32.2. The summed E-state index contributed by atoms with van der Waals surface area (Å²) in [4.78, 5) is 17.9. The van der Waals surface area contributed by atoms with Gasteiger partial charge in [0.1, 0.15) is 5.03 Å². The lowest BCUT2D eigenvalue weighted by molar-refractivity contribution is 0.0947. The van der Waals surface area contributed by atoms with Crippen LogP contribution in [-0.2, 0) is 6.54 Å². The van der Waals surface area contributed by atoms with Crippen LogP contribution < -0.4 is 5.32 Å². The maximum Gasteiger partial charge on any atom is 0.254 e. The van der Waals surface area contributed by atoms with E-state index in [0.717, 1.165) is 10.5 Å². The molecular formula is C20H15N3OS. The Labute approximate surface area is 150 Å². The third-order valence-corrected chi connectivity index (χ3v) is 4.51. The molecule has 0 unspecified atom stereocenters. The summed E-state index contributed by atoms with van der Waals surface area (Å²) in [5.74, 6) is -0.186. The summed E-state index contributed by atoms with van der Waals surface area (Å²) < 4.78 is 0. The van der Waals surface area contributed by atoms with E-state index in [1.54, 1.807) is 36.5 Å². The largest absolute Gasteiger partial charge is 0.348 e. The molecular weight excluding hydrogens is 330 g/mol. The van der Waals surface area contributed by atoms with Crippen LogP contribution >= 0.6 is 11.8 Å². The number of aromatic nitrogens is 1. The third kappa shape index (κ3) is 4.46. The van der Waals surface area contributed by atoms with Crippen LogP contribution in [0.2, 0.25) is 0 Å². The summed E-state index contributed by atoms with van der Waals surface area (Å²) in [5.41, 5.74) is 2.00. The Balaban J connectivity index is 1.73. The van der Waals surface area contributed by atoms with Gasteiger partial charge in [-0.05, 0) is 42.0 Å². The second-order valence-electron chi connectivity index (χ2n) is 5.27. The first-order valence-corrected chi connectivity index (χ1v) is 8.53. The van der Waals surface area contributed by atoms with Gasteiger partial charge in [-0.25, -0.2) is 4.98 Å². The average molecular weight is 345 g/mol. The fourth-order valence-corrected chi connectivity index (χ4v) is 3.17. The minimum absolute atomic E-state index is 0.186. The molecule has 1 amide bonds. The number of nitrogens with zero attached hydrogens (tertiary/aromatic N) is 2. The molecule has 0 saturated carbocycles. The van der Waals surface area contributed by atoms with Gasteiger partial charge in [-0.15, -0.1) is 0 Å². The lowest BCUT2D eigenvalue weighted by atomic mass is 10.1. The fourth-order valence-electron chi connectivity index (χ4n) is 2.27. The highest BCUT2D eigenvalue weighted by Gasteiger charge is 2.13. The normalized spacial score (nSPS) is 10.0. The Hall–Kier alpha value is -3.10. The molecule has 5 heteroatoms. The van der Waals surface area contributed by atoms with Crippen molar-refractivity contribution >= 4 is 17.7 Å². The first kappa shape index (κ1) is 16.7. The summed E-state index contributed by atoms with van der Waals surface area (Å²) >= 11 is 1.46. The Morgan fingerprint density at radius 3 is 2.72 bits per heavy atom. The molecule has 2 aromatic carbocycles. The lowest BCUT2D eigenvalue weighted by Crippen LogP contribution is -2.23. The van der Waals surface area contributed by atoms with Crippen molar-refractivity contribution in [2.24, 2.45) is 0 Å². The van der Waals surface area contributed by atoms with Crippen molar-refractivity contribution in [1.29, 1.82) is 5.26 Å². The van der Waals surface area contributed by atoms with Crippen molar-refractivity contribution in [3.8, 4) is 6.07 Å². The van der Waals surface area contributed by atoms with Crippen LogP contribution in [0.25, 0.3) is 0 Å². The zero-order chi connectivity index (χ0) is 17.5. The predicted molar refractivity (Wildman–Crippen MR) is 97.1 cm³/mol. The molecule has 0 aliphatic carbocycles. The van der Waals surface area contributed by atoms with Gasteiger partial charge >= 0.3 is 0 Å². The highest BCUT2D eigenvalue weighted by Crippen LogP contribution is 2.28. The summed E-state index contributed by atoms with van der Waals surface area (Å²) in [7, 11) is 0. The van der Waals surface area contributed by atoms with Crippen molar-refractivity contribution in [1.82, 2.24) is 10.3 Å². The van der Waals surface area contributed by atoms with Crippen molar-refractivity contribution in [2.75, 3.05) is 0 Å². The van der Waals surface area contributed by atoms with Gasteiger partial charge in [0.05, 0.1) is 17.2 Å². The number of nitriles is 1. The molecule has 1 heterocycles. The van der Waals surface area contributed by atoms with E-state index < -0.39 is 0 Å². The van der Waals surface area contributed by atoms with Crippen molar-refractivity contribution in [3.05, 3.63) is 89.6 Å². The molecule has 0 saturated heterocycles. The number of carbonyl (C=O) groups excluding carboxylic acids is 1. The van der Waals surface area contributed by atoms with Gasteiger partial charge in [0.25, 0.3) is 5.91 Å². The van der Waals surface area contributed by atoms with Crippen LogP contribution in [0.5, 0.6) is 0 Å². The Morgan fingerprint density at radius 2 is 1.92 bits per heavy atom. The van der Waals surface area contributed by atoms with Gasteiger partial charge in [0.15, 0.2) is 0 Å². The molecule has 1 N–H and O–H groups in total. The van der Waals surface area contributed by atoms with E-state index in [-0.39, 0.29) is 5.91 Å². The van der Waals surface area contributed by atoms with Crippen molar-refractivity contribution in [3.63, 3.8) is 0 Å². The van der Waals surface area contributed by atoms with Gasteiger partial charge in [0.2, 0.25) is 0 Å². The van der Waals surface area contributed by atoms with Gasteiger partial charge in [0, 0.05) is 17.6 Å². The standard InChI is InChI=1S/C20H15N3OS/c21-13-15-6-4-7-16(12-15)14-23-19(24)18-10-5-11-22-20(18)25-17-8-2-1-3-9-17/h1-12H,14H2,(H,23,24). The van der Waals surface area contributed by atoms with E-state index >= 15 is 0 Å². The topological polar surface area (TPSA) is 65.8 Å².